The molecule has 2 N–H and O–H groups in total. The second kappa shape index (κ2) is 8.27. The van der Waals surface area contributed by atoms with Crippen molar-refractivity contribution in [3.8, 4) is 0 Å². The number of benzene rings is 2. The van der Waals surface area contributed by atoms with Gasteiger partial charge in [-0.05, 0) is 36.2 Å². The van der Waals surface area contributed by atoms with Crippen LogP contribution in [0.1, 0.15) is 12.0 Å². The molecule has 0 heterocycles. The van der Waals surface area contributed by atoms with Gasteiger partial charge in [-0.25, -0.2) is 17.6 Å². The van der Waals surface area contributed by atoms with Gasteiger partial charge in [-0.2, -0.15) is 0 Å². The molecule has 0 atom stereocenters. The van der Waals surface area contributed by atoms with Crippen LogP contribution in [0.4, 0.5) is 23.2 Å². The number of nitrogens with one attached hydrogen (secondary N) is 2. The van der Waals surface area contributed by atoms with Crippen molar-refractivity contribution in [2.45, 2.75) is 12.8 Å². The number of amides is 2. The predicted octanol–water partition coefficient (Wildman–Crippen LogP) is 2.93. The molecule has 0 saturated carbocycles. The van der Waals surface area contributed by atoms with E-state index in [1.54, 1.807) is 12.1 Å². The second-order valence-electron chi connectivity index (χ2n) is 5.17. The minimum atomic E-state index is -1.69. The summed E-state index contributed by atoms with van der Waals surface area (Å²) in [6.45, 7) is -0.458. The van der Waals surface area contributed by atoms with Crippen LogP contribution in [0, 0.1) is 23.3 Å². The maximum absolute atomic E-state index is 13.4. The van der Waals surface area contributed by atoms with Crippen LogP contribution < -0.4 is 10.6 Å². The Kier molecular flexibility index (Phi) is 6.10. The summed E-state index contributed by atoms with van der Waals surface area (Å²) in [6.07, 6.45) is 0.421. The summed E-state index contributed by atoms with van der Waals surface area (Å²) >= 11 is 0. The first kappa shape index (κ1) is 18.4. The Balaban J connectivity index is 1.78. The van der Waals surface area contributed by atoms with E-state index >= 15 is 0 Å². The second-order valence-corrected chi connectivity index (χ2v) is 5.17. The average molecular weight is 354 g/mol. The number of carbonyl (C=O) groups excluding carboxylic acids is 2. The Morgan fingerprint density at radius 1 is 0.840 bits per heavy atom. The van der Waals surface area contributed by atoms with Crippen LogP contribution in [0.5, 0.6) is 0 Å². The molecule has 0 bridgehead atoms. The fourth-order valence-electron chi connectivity index (χ4n) is 1.99. The molecule has 0 aliphatic heterocycles. The van der Waals surface area contributed by atoms with Gasteiger partial charge in [0.15, 0.2) is 17.5 Å². The van der Waals surface area contributed by atoms with Crippen molar-refractivity contribution in [3.63, 3.8) is 0 Å². The zero-order chi connectivity index (χ0) is 18.4. The maximum Gasteiger partial charge on any atom is 0.243 e. The Bertz CT molecular complexity index is 779. The Morgan fingerprint density at radius 3 is 2.20 bits per heavy atom. The molecule has 2 rings (SSSR count). The maximum atomic E-state index is 13.4. The van der Waals surface area contributed by atoms with Gasteiger partial charge in [0.2, 0.25) is 11.8 Å². The zero-order valence-corrected chi connectivity index (χ0v) is 12.9. The van der Waals surface area contributed by atoms with Crippen LogP contribution in [0.15, 0.2) is 36.4 Å². The molecule has 25 heavy (non-hydrogen) atoms. The largest absolute Gasteiger partial charge is 0.347 e. The molecule has 132 valence electrons. The highest BCUT2D eigenvalue weighted by Crippen LogP contribution is 2.19. The highest BCUT2D eigenvalue weighted by Gasteiger charge is 2.15. The van der Waals surface area contributed by atoms with Crippen LogP contribution in [0.3, 0.4) is 0 Å². The van der Waals surface area contributed by atoms with Crippen LogP contribution in [0.2, 0.25) is 0 Å². The molecule has 2 aromatic carbocycles. The number of halogens is 4. The van der Waals surface area contributed by atoms with Gasteiger partial charge < -0.3 is 10.6 Å². The molecule has 4 nitrogen and oxygen atoms in total. The van der Waals surface area contributed by atoms with Crippen molar-refractivity contribution in [2.24, 2.45) is 0 Å². The molecule has 8 heteroatoms. The smallest absolute Gasteiger partial charge is 0.243 e. The first-order chi connectivity index (χ1) is 11.9. The summed E-state index contributed by atoms with van der Waals surface area (Å²) in [5.41, 5.74) is 0.231. The number of hydrogen-bond acceptors (Lipinski definition) is 2. The highest BCUT2D eigenvalue weighted by molar-refractivity contribution is 5.94. The first-order valence-electron chi connectivity index (χ1n) is 7.31. The van der Waals surface area contributed by atoms with Crippen molar-refractivity contribution in [2.75, 3.05) is 11.9 Å². The lowest BCUT2D eigenvalue weighted by Crippen LogP contribution is -2.33. The lowest BCUT2D eigenvalue weighted by molar-refractivity contribution is -0.124. The highest BCUT2D eigenvalue weighted by atomic mass is 19.2. The molecule has 0 aliphatic rings. The SMILES string of the molecule is O=C(CCc1ccc(F)cc1)NCC(=O)Nc1ccc(F)c(F)c1F. The van der Waals surface area contributed by atoms with E-state index in [1.807, 2.05) is 5.32 Å². The Labute approximate surface area is 140 Å². The fraction of sp³-hybridized carbons (Fsp3) is 0.176. The molecule has 0 radical (unpaired) electrons. The Hall–Kier alpha value is -2.90. The monoisotopic (exact) mass is 354 g/mol. The molecule has 0 saturated heterocycles. The minimum absolute atomic E-state index is 0.0679. The van der Waals surface area contributed by atoms with Gasteiger partial charge in [0.25, 0.3) is 0 Å². The van der Waals surface area contributed by atoms with Crippen LogP contribution >= 0.6 is 0 Å². The topological polar surface area (TPSA) is 58.2 Å². The summed E-state index contributed by atoms with van der Waals surface area (Å²) in [5.74, 6) is -6.19. The van der Waals surface area contributed by atoms with E-state index in [1.165, 1.54) is 12.1 Å². The third kappa shape index (κ3) is 5.30. The number of rotatable bonds is 6. The molecular formula is C17H14F4N2O2. The molecule has 0 aliphatic carbocycles. The first-order valence-corrected chi connectivity index (χ1v) is 7.31. The molecule has 0 spiro atoms. The van der Waals surface area contributed by atoms with Gasteiger partial charge in [0, 0.05) is 6.42 Å². The van der Waals surface area contributed by atoms with Crippen molar-refractivity contribution >= 4 is 17.5 Å². The van der Waals surface area contributed by atoms with E-state index in [2.05, 4.69) is 5.32 Å². The molecule has 0 aromatic heterocycles. The van der Waals surface area contributed by atoms with E-state index < -0.39 is 41.5 Å². The zero-order valence-electron chi connectivity index (χ0n) is 12.9. The van der Waals surface area contributed by atoms with Gasteiger partial charge >= 0.3 is 0 Å². The normalized spacial score (nSPS) is 10.4. The quantitative estimate of drug-likeness (QED) is 0.619. The summed E-state index contributed by atoms with van der Waals surface area (Å²) in [7, 11) is 0. The fourth-order valence-corrected chi connectivity index (χ4v) is 1.99. The minimum Gasteiger partial charge on any atom is -0.347 e. The third-order valence-corrected chi connectivity index (χ3v) is 3.31. The van der Waals surface area contributed by atoms with E-state index in [0.717, 1.165) is 11.6 Å². The standard InChI is InChI=1S/C17H14F4N2O2/c18-11-4-1-10(2-5-11)3-8-14(24)22-9-15(25)23-13-7-6-12(19)16(20)17(13)21/h1-2,4-7H,3,8-9H2,(H,22,24)(H,23,25). The van der Waals surface area contributed by atoms with Gasteiger partial charge in [0.05, 0.1) is 12.2 Å². The van der Waals surface area contributed by atoms with E-state index in [4.69, 9.17) is 0 Å². The molecule has 2 aromatic rings. The molecule has 2 amide bonds. The van der Waals surface area contributed by atoms with E-state index in [9.17, 15) is 27.2 Å². The van der Waals surface area contributed by atoms with Crippen molar-refractivity contribution in [3.05, 3.63) is 65.2 Å². The third-order valence-electron chi connectivity index (χ3n) is 3.31. The number of hydrogen-bond donors (Lipinski definition) is 2. The van der Waals surface area contributed by atoms with Gasteiger partial charge in [0.1, 0.15) is 5.82 Å². The molecule has 0 unspecified atom stereocenters. The summed E-state index contributed by atoms with van der Waals surface area (Å²) in [5, 5.41) is 4.35. The number of anilines is 1. The van der Waals surface area contributed by atoms with Crippen LogP contribution in [-0.2, 0) is 16.0 Å². The summed E-state index contributed by atoms with van der Waals surface area (Å²) in [6, 6.07) is 7.19. The Morgan fingerprint density at radius 2 is 1.52 bits per heavy atom. The van der Waals surface area contributed by atoms with Crippen molar-refractivity contribution in [1.82, 2.24) is 5.32 Å². The van der Waals surface area contributed by atoms with Crippen LogP contribution in [0.25, 0.3) is 0 Å². The van der Waals surface area contributed by atoms with Gasteiger partial charge in [-0.3, -0.25) is 9.59 Å². The number of aryl methyl sites for hydroxylation is 1. The van der Waals surface area contributed by atoms with Gasteiger partial charge in [-0.15, -0.1) is 0 Å². The van der Waals surface area contributed by atoms with Crippen molar-refractivity contribution in [1.29, 1.82) is 0 Å². The molecule has 0 fully saturated rings. The lowest BCUT2D eigenvalue weighted by Gasteiger charge is -2.08. The predicted molar refractivity (Wildman–Crippen MR) is 82.7 cm³/mol. The van der Waals surface area contributed by atoms with E-state index in [0.29, 0.717) is 12.5 Å². The lowest BCUT2D eigenvalue weighted by atomic mass is 10.1. The van der Waals surface area contributed by atoms with E-state index in [-0.39, 0.29) is 12.2 Å². The van der Waals surface area contributed by atoms with Crippen molar-refractivity contribution < 1.29 is 27.2 Å². The number of carbonyl (C=O) groups is 2. The average Bonchev–Trinajstić information content (AvgIpc) is 2.60. The summed E-state index contributed by atoms with van der Waals surface area (Å²) in [4.78, 5) is 23.3. The molecular weight excluding hydrogens is 340 g/mol. The summed E-state index contributed by atoms with van der Waals surface area (Å²) < 4.78 is 52.0. The van der Waals surface area contributed by atoms with Gasteiger partial charge in [-0.1, -0.05) is 12.1 Å². The van der Waals surface area contributed by atoms with Crippen LogP contribution in [-0.4, -0.2) is 18.4 Å².